The van der Waals surface area contributed by atoms with Crippen molar-refractivity contribution in [2.24, 2.45) is 0 Å². The number of amides is 2. The number of benzene rings is 2. The van der Waals surface area contributed by atoms with Gasteiger partial charge >= 0.3 is 12.2 Å². The molecule has 31 heavy (non-hydrogen) atoms. The van der Waals surface area contributed by atoms with Crippen LogP contribution in [-0.4, -0.2) is 32.4 Å². The zero-order valence-corrected chi connectivity index (χ0v) is 17.9. The molecule has 0 radical (unpaired) electrons. The largest absolute Gasteiger partial charge is 0.417 e. The fourth-order valence-electron chi connectivity index (χ4n) is 3.21. The van der Waals surface area contributed by atoms with Crippen LogP contribution in [0.25, 0.3) is 0 Å². The predicted octanol–water partition coefficient (Wildman–Crippen LogP) is 5.57. The number of nitrogens with zero attached hydrogens (tertiary/aromatic N) is 1. The van der Waals surface area contributed by atoms with E-state index in [1.807, 2.05) is 0 Å². The molecular formula is C20H21ClF3N3O3S. The second-order valence-corrected chi connectivity index (χ2v) is 9.24. The molecule has 1 heterocycles. The molecule has 168 valence electrons. The van der Waals surface area contributed by atoms with Crippen LogP contribution in [0.1, 0.15) is 31.2 Å². The zero-order valence-electron chi connectivity index (χ0n) is 16.4. The highest BCUT2D eigenvalue weighted by Gasteiger charge is 2.33. The Hall–Kier alpha value is -2.46. The number of alkyl halides is 3. The summed E-state index contributed by atoms with van der Waals surface area (Å²) in [6.45, 7) is 1.34. The average molecular weight is 476 g/mol. The molecule has 0 unspecified atom stereocenters. The number of nitrogens with one attached hydrogen (secondary N) is 2. The molecule has 2 amide bonds. The molecule has 3 rings (SSSR count). The van der Waals surface area contributed by atoms with E-state index in [2.05, 4.69) is 10.0 Å². The van der Waals surface area contributed by atoms with E-state index in [1.165, 1.54) is 24.3 Å². The van der Waals surface area contributed by atoms with Gasteiger partial charge < -0.3 is 10.2 Å². The van der Waals surface area contributed by atoms with Gasteiger partial charge in [-0.2, -0.15) is 13.2 Å². The molecule has 2 N–H and O–H groups in total. The first-order chi connectivity index (χ1) is 14.6. The van der Waals surface area contributed by atoms with E-state index in [-0.39, 0.29) is 16.6 Å². The van der Waals surface area contributed by atoms with Crippen LogP contribution < -0.4 is 10.0 Å². The highest BCUT2D eigenvalue weighted by atomic mass is 35.5. The number of carbonyl (C=O) groups is 1. The van der Waals surface area contributed by atoms with E-state index in [9.17, 15) is 26.4 Å². The molecule has 1 aliphatic heterocycles. The molecule has 2 aromatic carbocycles. The lowest BCUT2D eigenvalue weighted by Gasteiger charge is -2.20. The quantitative estimate of drug-likeness (QED) is 0.607. The molecule has 1 fully saturated rings. The summed E-state index contributed by atoms with van der Waals surface area (Å²) in [6, 6.07) is 7.88. The summed E-state index contributed by atoms with van der Waals surface area (Å²) in [5, 5.41) is 2.20. The van der Waals surface area contributed by atoms with Crippen LogP contribution in [0.4, 0.5) is 29.3 Å². The maximum atomic E-state index is 13.0. The minimum Gasteiger partial charge on any atom is -0.325 e. The maximum Gasteiger partial charge on any atom is 0.417 e. The van der Waals surface area contributed by atoms with Crippen molar-refractivity contribution in [1.82, 2.24) is 4.90 Å². The fourth-order valence-corrected chi connectivity index (χ4v) is 4.49. The molecule has 6 nitrogen and oxygen atoms in total. The first-order valence-electron chi connectivity index (χ1n) is 9.62. The molecule has 1 saturated heterocycles. The van der Waals surface area contributed by atoms with E-state index in [4.69, 9.17) is 11.6 Å². The van der Waals surface area contributed by atoms with Crippen LogP contribution in [0.15, 0.2) is 47.4 Å². The van der Waals surface area contributed by atoms with Gasteiger partial charge in [0.2, 0.25) is 0 Å². The number of hydrogen-bond acceptors (Lipinski definition) is 3. The van der Waals surface area contributed by atoms with Crippen LogP contribution in [0, 0.1) is 0 Å². The number of likely N-dealkylation sites (tertiary alicyclic amines) is 1. The maximum absolute atomic E-state index is 13.0. The van der Waals surface area contributed by atoms with Gasteiger partial charge in [-0.05, 0) is 55.3 Å². The van der Waals surface area contributed by atoms with Crippen molar-refractivity contribution in [3.63, 3.8) is 0 Å². The summed E-state index contributed by atoms with van der Waals surface area (Å²) in [4.78, 5) is 13.9. The lowest BCUT2D eigenvalue weighted by atomic mass is 10.2. The zero-order chi connectivity index (χ0) is 22.6. The van der Waals surface area contributed by atoms with Gasteiger partial charge in [-0.25, -0.2) is 13.2 Å². The van der Waals surface area contributed by atoms with Crippen molar-refractivity contribution < 1.29 is 26.4 Å². The van der Waals surface area contributed by atoms with E-state index < -0.39 is 26.8 Å². The third-order valence-corrected chi connectivity index (χ3v) is 6.56. The van der Waals surface area contributed by atoms with Crippen LogP contribution in [0.3, 0.4) is 0 Å². The molecular weight excluding hydrogens is 455 g/mol. The smallest absolute Gasteiger partial charge is 0.325 e. The summed E-state index contributed by atoms with van der Waals surface area (Å²) < 4.78 is 66.2. The Morgan fingerprint density at radius 2 is 1.52 bits per heavy atom. The molecule has 11 heteroatoms. The second-order valence-electron chi connectivity index (χ2n) is 7.15. The number of hydrogen-bond donors (Lipinski definition) is 2. The summed E-state index contributed by atoms with van der Waals surface area (Å²) in [5.74, 6) is 0. The molecule has 0 bridgehead atoms. The van der Waals surface area contributed by atoms with Crippen molar-refractivity contribution in [3.8, 4) is 0 Å². The lowest BCUT2D eigenvalue weighted by molar-refractivity contribution is -0.137. The van der Waals surface area contributed by atoms with Gasteiger partial charge in [0.15, 0.2) is 0 Å². The molecule has 0 aliphatic carbocycles. The second kappa shape index (κ2) is 9.35. The average Bonchev–Trinajstić information content (AvgIpc) is 2.98. The van der Waals surface area contributed by atoms with Gasteiger partial charge in [-0.3, -0.25) is 4.72 Å². The van der Waals surface area contributed by atoms with Crippen LogP contribution in [0.5, 0.6) is 0 Å². The number of sulfonamides is 1. The topological polar surface area (TPSA) is 78.5 Å². The van der Waals surface area contributed by atoms with E-state index in [0.717, 1.165) is 37.8 Å². The molecule has 0 spiro atoms. The van der Waals surface area contributed by atoms with Crippen molar-refractivity contribution in [2.45, 2.75) is 36.8 Å². The van der Waals surface area contributed by atoms with Crippen molar-refractivity contribution in [3.05, 3.63) is 53.1 Å². The Morgan fingerprint density at radius 3 is 2.10 bits per heavy atom. The van der Waals surface area contributed by atoms with Crippen LogP contribution >= 0.6 is 11.6 Å². The highest BCUT2D eigenvalue weighted by Crippen LogP contribution is 2.36. The highest BCUT2D eigenvalue weighted by molar-refractivity contribution is 7.92. The molecule has 0 atom stereocenters. The van der Waals surface area contributed by atoms with Crippen molar-refractivity contribution in [1.29, 1.82) is 0 Å². The minimum atomic E-state index is -4.72. The van der Waals surface area contributed by atoms with E-state index in [0.29, 0.717) is 24.8 Å². The normalized spacial score (nSPS) is 15.3. The van der Waals surface area contributed by atoms with Gasteiger partial charge in [0.05, 0.1) is 15.5 Å². The summed E-state index contributed by atoms with van der Waals surface area (Å²) >= 11 is 5.56. The Bertz CT molecular complexity index is 1040. The standard InChI is InChI=1S/C20H21ClF3N3O3S/c21-18-10-7-15(13-17(18)20(22,23)24)26-31(29,30)16-8-5-14(6-9-16)25-19(28)27-11-3-1-2-4-12-27/h5-10,13,26H,1-4,11-12H2,(H,25,28). The third kappa shape index (κ3) is 6.04. The minimum absolute atomic E-state index is 0.163. The van der Waals surface area contributed by atoms with E-state index in [1.54, 1.807) is 4.90 Å². The summed E-state index contributed by atoms with van der Waals surface area (Å²) in [7, 11) is -4.14. The Labute approximate surface area is 183 Å². The third-order valence-electron chi connectivity index (χ3n) is 4.83. The number of anilines is 2. The van der Waals surface area contributed by atoms with Crippen LogP contribution in [0.2, 0.25) is 5.02 Å². The van der Waals surface area contributed by atoms with Gasteiger partial charge in [-0.1, -0.05) is 24.4 Å². The molecule has 0 aromatic heterocycles. The van der Waals surface area contributed by atoms with Crippen molar-refractivity contribution in [2.75, 3.05) is 23.1 Å². The Balaban J connectivity index is 1.70. The monoisotopic (exact) mass is 475 g/mol. The Morgan fingerprint density at radius 1 is 0.935 bits per heavy atom. The number of urea groups is 1. The SMILES string of the molecule is O=C(Nc1ccc(S(=O)(=O)Nc2ccc(Cl)c(C(F)(F)F)c2)cc1)N1CCCCCC1. The van der Waals surface area contributed by atoms with Gasteiger partial charge in [-0.15, -0.1) is 0 Å². The first-order valence-corrected chi connectivity index (χ1v) is 11.5. The molecule has 2 aromatic rings. The molecule has 1 aliphatic rings. The van der Waals surface area contributed by atoms with Gasteiger partial charge in [0.1, 0.15) is 0 Å². The molecule has 0 saturated carbocycles. The summed E-state index contributed by atoms with van der Waals surface area (Å²) in [6.07, 6.45) is -0.664. The Kier molecular flexibility index (Phi) is 7.00. The number of carbonyl (C=O) groups excluding carboxylic acids is 1. The van der Waals surface area contributed by atoms with Crippen LogP contribution in [-0.2, 0) is 16.2 Å². The first kappa shape index (κ1) is 23.2. The van der Waals surface area contributed by atoms with E-state index >= 15 is 0 Å². The number of halogens is 4. The summed E-state index contributed by atoms with van der Waals surface area (Å²) in [5.41, 5.74) is -0.991. The number of rotatable bonds is 4. The van der Waals surface area contributed by atoms with Gasteiger partial charge in [0.25, 0.3) is 10.0 Å². The van der Waals surface area contributed by atoms with Crippen molar-refractivity contribution >= 4 is 39.0 Å². The fraction of sp³-hybridized carbons (Fsp3) is 0.350. The van der Waals surface area contributed by atoms with Gasteiger partial charge in [0, 0.05) is 24.5 Å². The lowest BCUT2D eigenvalue weighted by Crippen LogP contribution is -2.35. The predicted molar refractivity (Wildman–Crippen MR) is 113 cm³/mol.